The highest BCUT2D eigenvalue weighted by Crippen LogP contribution is 2.41. The first kappa shape index (κ1) is 33.0. The minimum Gasteiger partial charge on any atom is -1.00 e. The van der Waals surface area contributed by atoms with E-state index in [0.29, 0.717) is 5.92 Å². The maximum atomic E-state index is 6.01. The summed E-state index contributed by atoms with van der Waals surface area (Å²) in [4.78, 5) is 0. The van der Waals surface area contributed by atoms with E-state index in [1.54, 1.807) is 0 Å². The van der Waals surface area contributed by atoms with Gasteiger partial charge in [-0.15, -0.1) is 6.42 Å². The number of nitrogens with zero attached hydrogens (tertiary/aromatic N) is 1. The molecule has 0 spiro atoms. The molecule has 1 nitrogen and oxygen atoms in total. The Balaban J connectivity index is 0.0000102. The van der Waals surface area contributed by atoms with Gasteiger partial charge in [0.05, 0.1) is 23.1 Å². The molecule has 0 saturated heterocycles. The highest BCUT2D eigenvalue weighted by Gasteiger charge is 2.43. The second kappa shape index (κ2) is 19.2. The number of terminal acetylenes is 1. The van der Waals surface area contributed by atoms with Crippen LogP contribution in [0.4, 0.5) is 0 Å². The van der Waals surface area contributed by atoms with Gasteiger partial charge in [0.1, 0.15) is 6.54 Å². The van der Waals surface area contributed by atoms with E-state index >= 15 is 0 Å². The minimum atomic E-state index is 0. The summed E-state index contributed by atoms with van der Waals surface area (Å²) in [5.74, 6) is 3.68. The SMILES string of the molecule is C#CC[N+](CCCCCCCCC)(CCCCCCCCC)CC1(I)C(C)=CC=CC1C.[Cl-]. The van der Waals surface area contributed by atoms with Gasteiger partial charge in [-0.1, -0.05) is 131 Å². The van der Waals surface area contributed by atoms with E-state index < -0.39 is 0 Å². The number of quaternary nitrogens is 1. The fourth-order valence-corrected chi connectivity index (χ4v) is 6.37. The van der Waals surface area contributed by atoms with Gasteiger partial charge in [-0.05, 0) is 44.4 Å². The molecule has 0 N–H and O–H groups in total. The van der Waals surface area contributed by atoms with Crippen molar-refractivity contribution in [2.75, 3.05) is 26.2 Å². The first-order valence-electron chi connectivity index (χ1n) is 13.8. The number of rotatable bonds is 19. The fourth-order valence-electron chi connectivity index (χ4n) is 5.26. The predicted octanol–water partition coefficient (Wildman–Crippen LogP) is 6.27. The summed E-state index contributed by atoms with van der Waals surface area (Å²) in [5, 5.41) is 0. The summed E-state index contributed by atoms with van der Waals surface area (Å²) in [6, 6.07) is 0. The highest BCUT2D eigenvalue weighted by molar-refractivity contribution is 14.1. The molecule has 0 aromatic carbocycles. The molecule has 0 bridgehead atoms. The van der Waals surface area contributed by atoms with Gasteiger partial charge in [0.15, 0.2) is 0 Å². The van der Waals surface area contributed by atoms with E-state index in [0.717, 1.165) is 11.0 Å². The minimum absolute atomic E-state index is 0. The van der Waals surface area contributed by atoms with Crippen molar-refractivity contribution in [3.8, 4) is 12.3 Å². The molecule has 0 aromatic heterocycles. The molecular weight excluding hydrogens is 537 g/mol. The van der Waals surface area contributed by atoms with Crippen molar-refractivity contribution < 1.29 is 16.9 Å². The van der Waals surface area contributed by atoms with Crippen molar-refractivity contribution in [2.24, 2.45) is 5.92 Å². The molecule has 0 aromatic rings. The first-order valence-corrected chi connectivity index (χ1v) is 14.8. The van der Waals surface area contributed by atoms with Crippen LogP contribution >= 0.6 is 22.6 Å². The van der Waals surface area contributed by atoms with Crippen LogP contribution in [0, 0.1) is 18.3 Å². The Morgan fingerprint density at radius 2 is 1.33 bits per heavy atom. The van der Waals surface area contributed by atoms with E-state index in [-0.39, 0.29) is 15.8 Å². The summed E-state index contributed by atoms with van der Waals surface area (Å²) >= 11 is 2.77. The van der Waals surface area contributed by atoms with Crippen LogP contribution in [-0.2, 0) is 0 Å². The molecule has 0 amide bonds. The lowest BCUT2D eigenvalue weighted by Gasteiger charge is -2.46. The summed E-state index contributed by atoms with van der Waals surface area (Å²) in [6.45, 7) is 13.9. The lowest BCUT2D eigenvalue weighted by molar-refractivity contribution is -0.923. The third kappa shape index (κ3) is 12.5. The maximum Gasteiger partial charge on any atom is 0.140 e. The van der Waals surface area contributed by atoms with Crippen LogP contribution in [0.3, 0.4) is 0 Å². The van der Waals surface area contributed by atoms with Gasteiger partial charge >= 0.3 is 0 Å². The number of allylic oxidation sites excluding steroid dienone is 3. The lowest BCUT2D eigenvalue weighted by Crippen LogP contribution is -3.00. The zero-order valence-electron chi connectivity index (χ0n) is 22.3. The van der Waals surface area contributed by atoms with Crippen LogP contribution in [0.25, 0.3) is 0 Å². The van der Waals surface area contributed by atoms with Crippen molar-refractivity contribution in [1.82, 2.24) is 0 Å². The molecule has 1 aliphatic carbocycles. The number of halogens is 2. The molecule has 0 fully saturated rings. The van der Waals surface area contributed by atoms with Crippen molar-refractivity contribution in [2.45, 2.75) is 121 Å². The van der Waals surface area contributed by atoms with E-state index in [1.807, 2.05) is 0 Å². The van der Waals surface area contributed by atoms with Crippen LogP contribution in [0.1, 0.15) is 118 Å². The molecule has 1 aliphatic rings. The van der Waals surface area contributed by atoms with E-state index in [1.165, 1.54) is 115 Å². The van der Waals surface area contributed by atoms with Crippen LogP contribution in [0.15, 0.2) is 23.8 Å². The van der Waals surface area contributed by atoms with Gasteiger partial charge < -0.3 is 16.9 Å². The summed E-state index contributed by atoms with van der Waals surface area (Å²) < 4.78 is 1.30. The molecule has 0 aliphatic heterocycles. The van der Waals surface area contributed by atoms with Crippen molar-refractivity contribution >= 4 is 22.6 Å². The van der Waals surface area contributed by atoms with Crippen LogP contribution in [0.2, 0.25) is 0 Å². The van der Waals surface area contributed by atoms with Crippen molar-refractivity contribution in [3.05, 3.63) is 23.8 Å². The molecule has 2 atom stereocenters. The zero-order chi connectivity index (χ0) is 23.7. The van der Waals surface area contributed by atoms with Crippen LogP contribution in [0.5, 0.6) is 0 Å². The standard InChI is InChI=1S/C30H53IN.ClH/c1-6-9-11-13-15-17-19-25-32(24-8-3,26-20-18-16-14-12-10-7-2)27-30(31)28(4)22-21-23-29(30)5;/h3,21-23,28H,6-7,9-20,24-27H2,1-2,4-5H3;1H/q+1;/p-1. The summed E-state index contributed by atoms with van der Waals surface area (Å²) in [5.41, 5.74) is 1.52. The zero-order valence-corrected chi connectivity index (χ0v) is 25.2. The van der Waals surface area contributed by atoms with Gasteiger partial charge in [0.25, 0.3) is 0 Å². The molecule has 3 heteroatoms. The van der Waals surface area contributed by atoms with Crippen molar-refractivity contribution in [1.29, 1.82) is 0 Å². The molecule has 0 radical (unpaired) electrons. The van der Waals surface area contributed by atoms with Gasteiger partial charge in [-0.2, -0.15) is 0 Å². The molecule has 1 rings (SSSR count). The lowest BCUT2D eigenvalue weighted by atomic mass is 9.82. The Bertz CT molecular complexity index is 573. The van der Waals surface area contributed by atoms with E-state index in [4.69, 9.17) is 6.42 Å². The Morgan fingerprint density at radius 3 is 1.76 bits per heavy atom. The molecule has 33 heavy (non-hydrogen) atoms. The molecule has 192 valence electrons. The Labute approximate surface area is 227 Å². The third-order valence-corrected chi connectivity index (χ3v) is 9.76. The second-order valence-electron chi connectivity index (χ2n) is 10.4. The average Bonchev–Trinajstić information content (AvgIpc) is 2.77. The molecule has 0 heterocycles. The molecular formula is C30H53ClIN. The number of hydrogen-bond acceptors (Lipinski definition) is 0. The van der Waals surface area contributed by atoms with Gasteiger partial charge in [0, 0.05) is 0 Å². The maximum absolute atomic E-state index is 6.01. The number of alkyl halides is 1. The topological polar surface area (TPSA) is 0 Å². The predicted molar refractivity (Wildman–Crippen MR) is 153 cm³/mol. The van der Waals surface area contributed by atoms with Crippen LogP contribution in [-0.4, -0.2) is 34.1 Å². The number of hydrogen-bond donors (Lipinski definition) is 0. The van der Waals surface area contributed by atoms with Gasteiger partial charge in [-0.25, -0.2) is 0 Å². The Kier molecular flexibility index (Phi) is 19.2. The average molecular weight is 590 g/mol. The highest BCUT2D eigenvalue weighted by atomic mass is 127. The summed E-state index contributed by atoms with van der Waals surface area (Å²) in [7, 11) is 0. The Morgan fingerprint density at radius 1 is 0.879 bits per heavy atom. The normalized spacial score (nSPS) is 20.2. The second-order valence-corrected chi connectivity index (χ2v) is 12.4. The quantitative estimate of drug-likeness (QED) is 0.0548. The fraction of sp³-hybridized carbons (Fsp3) is 0.800. The molecule has 0 saturated carbocycles. The van der Waals surface area contributed by atoms with E-state index in [2.05, 4.69) is 74.4 Å². The first-order chi connectivity index (χ1) is 15.4. The van der Waals surface area contributed by atoms with Crippen molar-refractivity contribution in [3.63, 3.8) is 0 Å². The molecule has 2 unspecified atom stereocenters. The van der Waals surface area contributed by atoms with E-state index in [9.17, 15) is 0 Å². The third-order valence-electron chi connectivity index (χ3n) is 7.59. The monoisotopic (exact) mass is 589 g/mol. The van der Waals surface area contributed by atoms with Gasteiger partial charge in [-0.3, -0.25) is 0 Å². The largest absolute Gasteiger partial charge is 1.00 e. The summed E-state index contributed by atoms with van der Waals surface area (Å²) in [6.07, 6.45) is 32.2. The number of unbranched alkanes of at least 4 members (excludes halogenated alkanes) is 12. The van der Waals surface area contributed by atoms with Crippen LogP contribution < -0.4 is 12.4 Å². The Hall–Kier alpha value is 0.0200. The smallest absolute Gasteiger partial charge is 0.140 e. The van der Waals surface area contributed by atoms with Gasteiger partial charge in [0.2, 0.25) is 0 Å².